The predicted octanol–water partition coefficient (Wildman–Crippen LogP) is 2.93. The first-order valence-electron chi connectivity index (χ1n) is 11.2. The maximum absolute atomic E-state index is 12.0. The minimum absolute atomic E-state index is 0.276. The number of aldehydes is 1. The van der Waals surface area contributed by atoms with E-state index in [2.05, 4.69) is 69.5 Å². The Kier molecular flexibility index (Phi) is 7.16. The number of likely N-dealkylation sites (tertiary alicyclic amines) is 1. The van der Waals surface area contributed by atoms with Crippen LogP contribution in [0.5, 0.6) is 0 Å². The molecule has 1 N–H and O–H groups in total. The van der Waals surface area contributed by atoms with Crippen LogP contribution in [0.2, 0.25) is 0 Å². The third kappa shape index (κ3) is 5.28. The fourth-order valence-corrected chi connectivity index (χ4v) is 4.74. The SMILES string of the molecule is CN1CCC(N2CCN(C(C=O)Nc3ccccc3Cc3ccccc3)CC2)CC1. The Morgan fingerprint density at radius 1 is 0.933 bits per heavy atom. The predicted molar refractivity (Wildman–Crippen MR) is 123 cm³/mol. The Hall–Kier alpha value is -2.21. The molecule has 5 nitrogen and oxygen atoms in total. The van der Waals surface area contributed by atoms with Crippen LogP contribution in [-0.4, -0.2) is 79.5 Å². The first-order valence-corrected chi connectivity index (χ1v) is 11.2. The molecule has 0 saturated carbocycles. The quantitative estimate of drug-likeness (QED) is 0.716. The molecular weight excluding hydrogens is 372 g/mol. The van der Waals surface area contributed by atoms with Crippen LogP contribution < -0.4 is 5.32 Å². The average molecular weight is 407 g/mol. The molecule has 2 aliphatic heterocycles. The van der Waals surface area contributed by atoms with Crippen molar-refractivity contribution in [1.29, 1.82) is 0 Å². The summed E-state index contributed by atoms with van der Waals surface area (Å²) < 4.78 is 0. The highest BCUT2D eigenvalue weighted by Crippen LogP contribution is 2.22. The molecule has 2 aromatic carbocycles. The lowest BCUT2D eigenvalue weighted by Gasteiger charge is -2.43. The number of anilines is 1. The maximum atomic E-state index is 12.0. The van der Waals surface area contributed by atoms with Gasteiger partial charge in [-0.05, 0) is 56.6 Å². The Morgan fingerprint density at radius 3 is 2.30 bits per heavy atom. The standard InChI is InChI=1S/C25H34N4O/c1-27-13-11-23(12-14-27)28-15-17-29(18-16-28)25(20-30)26-24-10-6-5-9-22(24)19-21-7-3-2-4-8-21/h2-10,20,23,25-26H,11-19H2,1H3. The van der Waals surface area contributed by atoms with Crippen LogP contribution in [0.15, 0.2) is 54.6 Å². The molecule has 1 atom stereocenters. The molecule has 5 heteroatoms. The fraction of sp³-hybridized carbons (Fsp3) is 0.480. The normalized spacial score (nSPS) is 20.7. The zero-order chi connectivity index (χ0) is 20.8. The van der Waals surface area contributed by atoms with E-state index in [1.54, 1.807) is 0 Å². The summed E-state index contributed by atoms with van der Waals surface area (Å²) in [5.74, 6) is 0. The van der Waals surface area contributed by atoms with Crippen LogP contribution >= 0.6 is 0 Å². The first kappa shape index (κ1) is 21.0. The molecular formula is C25H34N4O. The second-order valence-corrected chi connectivity index (χ2v) is 8.65. The van der Waals surface area contributed by atoms with Crippen molar-refractivity contribution in [3.05, 3.63) is 65.7 Å². The van der Waals surface area contributed by atoms with E-state index < -0.39 is 0 Å². The first-order chi connectivity index (χ1) is 14.7. The highest BCUT2D eigenvalue weighted by molar-refractivity contribution is 5.65. The Balaban J connectivity index is 1.36. The lowest BCUT2D eigenvalue weighted by atomic mass is 10.0. The largest absolute Gasteiger partial charge is 0.363 e. The molecule has 1 unspecified atom stereocenters. The highest BCUT2D eigenvalue weighted by atomic mass is 16.1. The van der Waals surface area contributed by atoms with Gasteiger partial charge in [-0.25, -0.2) is 0 Å². The molecule has 0 bridgehead atoms. The van der Waals surface area contributed by atoms with E-state index in [0.29, 0.717) is 6.04 Å². The van der Waals surface area contributed by atoms with E-state index >= 15 is 0 Å². The molecule has 0 aromatic heterocycles. The summed E-state index contributed by atoms with van der Waals surface area (Å²) >= 11 is 0. The van der Waals surface area contributed by atoms with Gasteiger partial charge >= 0.3 is 0 Å². The summed E-state index contributed by atoms with van der Waals surface area (Å²) in [5, 5.41) is 3.52. The summed E-state index contributed by atoms with van der Waals surface area (Å²) in [6, 6.07) is 19.5. The van der Waals surface area contributed by atoms with Crippen LogP contribution in [0.1, 0.15) is 24.0 Å². The van der Waals surface area contributed by atoms with Crippen molar-refractivity contribution < 1.29 is 4.79 Å². The lowest BCUT2D eigenvalue weighted by Crippen LogP contribution is -2.56. The summed E-state index contributed by atoms with van der Waals surface area (Å²) in [4.78, 5) is 19.3. The van der Waals surface area contributed by atoms with Gasteiger partial charge in [-0.1, -0.05) is 48.5 Å². The minimum atomic E-state index is -0.276. The van der Waals surface area contributed by atoms with Crippen molar-refractivity contribution in [2.24, 2.45) is 0 Å². The highest BCUT2D eigenvalue weighted by Gasteiger charge is 2.29. The third-order valence-corrected chi connectivity index (χ3v) is 6.63. The second-order valence-electron chi connectivity index (χ2n) is 8.65. The molecule has 0 aliphatic carbocycles. The smallest absolute Gasteiger partial charge is 0.157 e. The number of hydrogen-bond acceptors (Lipinski definition) is 5. The molecule has 2 aromatic rings. The van der Waals surface area contributed by atoms with Gasteiger partial charge < -0.3 is 10.2 Å². The molecule has 0 radical (unpaired) electrons. The van der Waals surface area contributed by atoms with Gasteiger partial charge in [0.2, 0.25) is 0 Å². The molecule has 30 heavy (non-hydrogen) atoms. The van der Waals surface area contributed by atoms with Crippen molar-refractivity contribution >= 4 is 12.0 Å². The molecule has 160 valence electrons. The van der Waals surface area contributed by atoms with Crippen LogP contribution in [0.3, 0.4) is 0 Å². The van der Waals surface area contributed by atoms with E-state index in [0.717, 1.165) is 44.6 Å². The molecule has 4 rings (SSSR count). The number of piperidine rings is 1. The van der Waals surface area contributed by atoms with Gasteiger partial charge in [0.1, 0.15) is 6.17 Å². The van der Waals surface area contributed by atoms with Crippen molar-refractivity contribution in [2.75, 3.05) is 51.6 Å². The van der Waals surface area contributed by atoms with E-state index in [1.165, 1.54) is 37.1 Å². The van der Waals surface area contributed by atoms with E-state index in [4.69, 9.17) is 0 Å². The molecule has 2 saturated heterocycles. The molecule has 2 heterocycles. The summed E-state index contributed by atoms with van der Waals surface area (Å²) in [6.45, 7) is 6.36. The number of benzene rings is 2. The third-order valence-electron chi connectivity index (χ3n) is 6.63. The average Bonchev–Trinajstić information content (AvgIpc) is 2.80. The lowest BCUT2D eigenvalue weighted by molar-refractivity contribution is -0.112. The summed E-state index contributed by atoms with van der Waals surface area (Å²) in [5.41, 5.74) is 3.55. The zero-order valence-electron chi connectivity index (χ0n) is 18.0. The van der Waals surface area contributed by atoms with Crippen LogP contribution in [0.4, 0.5) is 5.69 Å². The van der Waals surface area contributed by atoms with Gasteiger partial charge in [0.15, 0.2) is 6.29 Å². The zero-order valence-corrected chi connectivity index (χ0v) is 18.0. The van der Waals surface area contributed by atoms with Crippen LogP contribution in [0.25, 0.3) is 0 Å². The number of para-hydroxylation sites is 1. The summed E-state index contributed by atoms with van der Waals surface area (Å²) in [7, 11) is 2.21. The van der Waals surface area contributed by atoms with Crippen molar-refractivity contribution in [1.82, 2.24) is 14.7 Å². The van der Waals surface area contributed by atoms with Crippen LogP contribution in [0, 0.1) is 0 Å². The van der Waals surface area contributed by atoms with E-state index in [9.17, 15) is 4.79 Å². The van der Waals surface area contributed by atoms with Gasteiger partial charge in [0.05, 0.1) is 0 Å². The Bertz CT molecular complexity index is 796. The van der Waals surface area contributed by atoms with Crippen LogP contribution in [-0.2, 0) is 11.2 Å². The molecule has 2 aliphatic rings. The maximum Gasteiger partial charge on any atom is 0.157 e. The number of carbonyl (C=O) groups excluding carboxylic acids is 1. The topological polar surface area (TPSA) is 38.8 Å². The van der Waals surface area contributed by atoms with Gasteiger partial charge in [0.25, 0.3) is 0 Å². The Labute approximate surface area is 180 Å². The Morgan fingerprint density at radius 2 is 1.60 bits per heavy atom. The van der Waals surface area contributed by atoms with E-state index in [1.807, 2.05) is 12.1 Å². The monoisotopic (exact) mass is 406 g/mol. The number of nitrogens with one attached hydrogen (secondary N) is 1. The van der Waals surface area contributed by atoms with E-state index in [-0.39, 0.29) is 6.17 Å². The molecule has 0 amide bonds. The minimum Gasteiger partial charge on any atom is -0.363 e. The number of rotatable bonds is 7. The number of piperazine rings is 1. The van der Waals surface area contributed by atoms with Crippen molar-refractivity contribution in [2.45, 2.75) is 31.5 Å². The van der Waals surface area contributed by atoms with Gasteiger partial charge in [0, 0.05) is 37.9 Å². The second kappa shape index (κ2) is 10.2. The molecule has 2 fully saturated rings. The van der Waals surface area contributed by atoms with Crippen molar-refractivity contribution in [3.63, 3.8) is 0 Å². The van der Waals surface area contributed by atoms with Gasteiger partial charge in [-0.2, -0.15) is 0 Å². The van der Waals surface area contributed by atoms with Crippen molar-refractivity contribution in [3.8, 4) is 0 Å². The number of carbonyl (C=O) groups is 1. The number of hydrogen-bond donors (Lipinski definition) is 1. The summed E-state index contributed by atoms with van der Waals surface area (Å²) in [6.07, 6.45) is 4.17. The number of nitrogens with zero attached hydrogens (tertiary/aromatic N) is 3. The molecule has 0 spiro atoms. The van der Waals surface area contributed by atoms with Gasteiger partial charge in [-0.3, -0.25) is 14.6 Å². The fourth-order valence-electron chi connectivity index (χ4n) is 4.74. The van der Waals surface area contributed by atoms with Gasteiger partial charge in [-0.15, -0.1) is 0 Å².